The monoisotopic (exact) mass is 418 g/mol. The van der Waals surface area contributed by atoms with Gasteiger partial charge in [0, 0.05) is 18.3 Å². The third-order valence-electron chi connectivity index (χ3n) is 5.20. The molecule has 2 aromatic carbocycles. The number of alkyl halides is 2. The number of benzene rings is 2. The Hall–Kier alpha value is -2.83. The number of hydrogen-bond donors (Lipinski definition) is 1. The normalized spacial score (nSPS) is 13.5. The van der Waals surface area contributed by atoms with Crippen LogP contribution in [0, 0.1) is 6.92 Å². The van der Waals surface area contributed by atoms with Crippen LogP contribution in [0.25, 0.3) is 0 Å². The predicted octanol–water partition coefficient (Wildman–Crippen LogP) is 5.92. The van der Waals surface area contributed by atoms with Crippen LogP contribution in [0.3, 0.4) is 0 Å². The van der Waals surface area contributed by atoms with E-state index in [1.807, 2.05) is 25.1 Å². The van der Waals surface area contributed by atoms with Crippen LogP contribution in [-0.4, -0.2) is 30.7 Å². The van der Waals surface area contributed by atoms with Gasteiger partial charge in [0.25, 0.3) is 0 Å². The Morgan fingerprint density at radius 1 is 1.20 bits per heavy atom. The standard InChI is InChI=1S/C23H28F2N2O3/c1-14(2)18-7-5-6-15(3)21(18)26-23(28)27(17-9-10-17)13-16-8-11-19(30-22(24)25)20(12-16)29-4/h5-8,11-12,14,17,22H,9-10,13H2,1-4H3,(H,26,28). The fourth-order valence-electron chi connectivity index (χ4n) is 3.47. The van der Waals surface area contributed by atoms with Gasteiger partial charge in [0.1, 0.15) is 0 Å². The van der Waals surface area contributed by atoms with Crippen molar-refractivity contribution in [1.82, 2.24) is 4.90 Å². The summed E-state index contributed by atoms with van der Waals surface area (Å²) < 4.78 is 34.8. The van der Waals surface area contributed by atoms with E-state index in [0.717, 1.165) is 35.2 Å². The van der Waals surface area contributed by atoms with Crippen LogP contribution < -0.4 is 14.8 Å². The predicted molar refractivity (Wildman–Crippen MR) is 112 cm³/mol. The first-order valence-electron chi connectivity index (χ1n) is 10.1. The minimum absolute atomic E-state index is 0.0276. The number of hydrogen-bond acceptors (Lipinski definition) is 3. The third-order valence-corrected chi connectivity index (χ3v) is 5.20. The van der Waals surface area contributed by atoms with Crippen molar-refractivity contribution in [3.8, 4) is 11.5 Å². The van der Waals surface area contributed by atoms with E-state index >= 15 is 0 Å². The van der Waals surface area contributed by atoms with Crippen LogP contribution in [0.2, 0.25) is 0 Å². The molecule has 7 heteroatoms. The lowest BCUT2D eigenvalue weighted by Crippen LogP contribution is -2.36. The maximum atomic E-state index is 13.2. The molecule has 0 spiro atoms. The van der Waals surface area contributed by atoms with Crippen LogP contribution in [0.4, 0.5) is 19.3 Å². The minimum Gasteiger partial charge on any atom is -0.493 e. The molecule has 0 atom stereocenters. The molecule has 1 saturated carbocycles. The van der Waals surface area contributed by atoms with Gasteiger partial charge in [-0.05, 0) is 54.5 Å². The lowest BCUT2D eigenvalue weighted by atomic mass is 9.98. The number of aryl methyl sites for hydroxylation is 1. The number of rotatable bonds is 8. The Labute approximate surface area is 176 Å². The number of halogens is 2. The lowest BCUT2D eigenvalue weighted by molar-refractivity contribution is -0.0512. The molecule has 30 heavy (non-hydrogen) atoms. The second kappa shape index (κ2) is 9.32. The average Bonchev–Trinajstić information content (AvgIpc) is 3.53. The van der Waals surface area contributed by atoms with Crippen molar-refractivity contribution in [3.05, 3.63) is 53.1 Å². The summed E-state index contributed by atoms with van der Waals surface area (Å²) in [6, 6.07) is 10.8. The number of nitrogens with one attached hydrogen (secondary N) is 1. The zero-order valence-corrected chi connectivity index (χ0v) is 17.7. The summed E-state index contributed by atoms with van der Waals surface area (Å²) in [6.07, 6.45) is 1.89. The molecule has 0 saturated heterocycles. The molecule has 1 N–H and O–H groups in total. The van der Waals surface area contributed by atoms with Crippen molar-refractivity contribution in [2.45, 2.75) is 58.7 Å². The maximum Gasteiger partial charge on any atom is 0.387 e. The van der Waals surface area contributed by atoms with Crippen molar-refractivity contribution in [1.29, 1.82) is 0 Å². The Kier molecular flexibility index (Phi) is 6.80. The van der Waals surface area contributed by atoms with Crippen LogP contribution in [0.15, 0.2) is 36.4 Å². The van der Waals surface area contributed by atoms with Crippen molar-refractivity contribution in [2.75, 3.05) is 12.4 Å². The molecule has 0 aromatic heterocycles. The molecule has 162 valence electrons. The number of carbonyl (C=O) groups is 1. The van der Waals surface area contributed by atoms with E-state index in [1.54, 1.807) is 17.0 Å². The highest BCUT2D eigenvalue weighted by molar-refractivity contribution is 5.91. The molecule has 1 aliphatic rings. The Morgan fingerprint density at radius 3 is 2.53 bits per heavy atom. The summed E-state index contributed by atoms with van der Waals surface area (Å²) in [5.74, 6) is 0.464. The summed E-state index contributed by atoms with van der Waals surface area (Å²) in [4.78, 5) is 14.9. The van der Waals surface area contributed by atoms with E-state index in [9.17, 15) is 13.6 Å². The molecule has 0 radical (unpaired) electrons. The number of ether oxygens (including phenoxy) is 2. The molecule has 2 amide bonds. The van der Waals surface area contributed by atoms with Crippen LogP contribution in [-0.2, 0) is 6.54 Å². The van der Waals surface area contributed by atoms with E-state index in [4.69, 9.17) is 4.74 Å². The summed E-state index contributed by atoms with van der Waals surface area (Å²) in [7, 11) is 1.40. The zero-order valence-electron chi connectivity index (χ0n) is 17.7. The quantitative estimate of drug-likeness (QED) is 0.578. The van der Waals surface area contributed by atoms with Crippen molar-refractivity contribution in [3.63, 3.8) is 0 Å². The van der Waals surface area contributed by atoms with Crippen molar-refractivity contribution < 1.29 is 23.0 Å². The van der Waals surface area contributed by atoms with Gasteiger partial charge in [-0.2, -0.15) is 8.78 Å². The number of carbonyl (C=O) groups excluding carboxylic acids is 1. The minimum atomic E-state index is -2.93. The van der Waals surface area contributed by atoms with Crippen LogP contribution in [0.5, 0.6) is 11.5 Å². The molecule has 5 nitrogen and oxygen atoms in total. The van der Waals surface area contributed by atoms with Gasteiger partial charge in [-0.3, -0.25) is 0 Å². The molecule has 0 unspecified atom stereocenters. The van der Waals surface area contributed by atoms with Gasteiger partial charge < -0.3 is 19.7 Å². The Bertz CT molecular complexity index is 898. The van der Waals surface area contributed by atoms with Crippen molar-refractivity contribution >= 4 is 11.7 Å². The van der Waals surface area contributed by atoms with E-state index in [-0.39, 0.29) is 29.5 Å². The molecular formula is C23H28F2N2O3. The highest BCUT2D eigenvalue weighted by Crippen LogP contribution is 2.34. The first kappa shape index (κ1) is 21.9. The van der Waals surface area contributed by atoms with Crippen LogP contribution in [0.1, 0.15) is 49.3 Å². The lowest BCUT2D eigenvalue weighted by Gasteiger charge is -2.25. The highest BCUT2D eigenvalue weighted by atomic mass is 19.3. The van der Waals surface area contributed by atoms with Gasteiger partial charge in [0.05, 0.1) is 7.11 Å². The van der Waals surface area contributed by atoms with Crippen molar-refractivity contribution in [2.24, 2.45) is 0 Å². The smallest absolute Gasteiger partial charge is 0.387 e. The summed E-state index contributed by atoms with van der Waals surface area (Å²) >= 11 is 0. The van der Waals surface area contributed by atoms with E-state index in [1.165, 1.54) is 13.2 Å². The summed E-state index contributed by atoms with van der Waals surface area (Å²) in [5.41, 5.74) is 3.74. The molecule has 3 rings (SSSR count). The van der Waals surface area contributed by atoms with E-state index < -0.39 is 6.61 Å². The number of methoxy groups -OCH3 is 1. The second-order valence-electron chi connectivity index (χ2n) is 7.85. The van der Waals surface area contributed by atoms with E-state index in [0.29, 0.717) is 6.54 Å². The fraction of sp³-hybridized carbons (Fsp3) is 0.435. The SMILES string of the molecule is COc1cc(CN(C(=O)Nc2c(C)cccc2C(C)C)C2CC2)ccc1OC(F)F. The van der Waals surface area contributed by atoms with Gasteiger partial charge >= 0.3 is 12.6 Å². The second-order valence-corrected chi connectivity index (χ2v) is 7.85. The molecular weight excluding hydrogens is 390 g/mol. The van der Waals surface area contributed by atoms with Gasteiger partial charge in [-0.25, -0.2) is 4.79 Å². The zero-order chi connectivity index (χ0) is 21.8. The maximum absolute atomic E-state index is 13.2. The third kappa shape index (κ3) is 5.20. The summed E-state index contributed by atoms with van der Waals surface area (Å²) in [6.45, 7) is 3.60. The number of para-hydroxylation sites is 1. The van der Waals surface area contributed by atoms with E-state index in [2.05, 4.69) is 23.9 Å². The molecule has 0 bridgehead atoms. The number of amides is 2. The van der Waals surface area contributed by atoms with Gasteiger partial charge in [0.15, 0.2) is 11.5 Å². The number of anilines is 1. The highest BCUT2D eigenvalue weighted by Gasteiger charge is 2.33. The topological polar surface area (TPSA) is 50.8 Å². The number of nitrogens with zero attached hydrogens (tertiary/aromatic N) is 1. The number of urea groups is 1. The Balaban J connectivity index is 1.80. The van der Waals surface area contributed by atoms with Gasteiger partial charge in [0.2, 0.25) is 0 Å². The largest absolute Gasteiger partial charge is 0.493 e. The Morgan fingerprint density at radius 2 is 1.93 bits per heavy atom. The average molecular weight is 418 g/mol. The molecule has 1 aliphatic carbocycles. The molecule has 0 heterocycles. The van der Waals surface area contributed by atoms with Gasteiger partial charge in [-0.15, -0.1) is 0 Å². The molecule has 1 fully saturated rings. The van der Waals surface area contributed by atoms with Crippen LogP contribution >= 0.6 is 0 Å². The first-order valence-corrected chi connectivity index (χ1v) is 10.1. The summed E-state index contributed by atoms with van der Waals surface area (Å²) in [5, 5.41) is 3.10. The molecule has 0 aliphatic heterocycles. The fourth-order valence-corrected chi connectivity index (χ4v) is 3.47. The first-order chi connectivity index (χ1) is 14.3. The van der Waals surface area contributed by atoms with Gasteiger partial charge in [-0.1, -0.05) is 38.1 Å². The molecule has 2 aromatic rings.